The van der Waals surface area contributed by atoms with Crippen molar-refractivity contribution in [3.63, 3.8) is 0 Å². The van der Waals surface area contributed by atoms with Gasteiger partial charge in [0.05, 0.1) is 30.1 Å². The number of methoxy groups -OCH3 is 1. The number of pyridine rings is 1. The molecule has 5 N–H and O–H groups in total. The van der Waals surface area contributed by atoms with Crippen LogP contribution in [-0.2, 0) is 9.53 Å². The van der Waals surface area contributed by atoms with Crippen molar-refractivity contribution in [1.82, 2.24) is 14.7 Å². The van der Waals surface area contributed by atoms with Gasteiger partial charge in [-0.05, 0) is 54.4 Å². The Labute approximate surface area is 228 Å². The normalized spacial score (nSPS) is 11.6. The molecule has 0 saturated carbocycles. The fourth-order valence-electron chi connectivity index (χ4n) is 4.09. The average Bonchev–Trinajstić information content (AvgIpc) is 3.33. The Kier molecular flexibility index (Phi) is 8.69. The molecule has 3 amide bonds. The third-order valence-electron chi connectivity index (χ3n) is 5.85. The topological polar surface area (TPSA) is 163 Å². The fourth-order valence-corrected chi connectivity index (χ4v) is 4.84. The Balaban J connectivity index is 1.94. The van der Waals surface area contributed by atoms with Crippen molar-refractivity contribution in [3.05, 3.63) is 76.9 Å². The van der Waals surface area contributed by atoms with Gasteiger partial charge in [0.25, 0.3) is 11.8 Å². The molecule has 2 aromatic heterocycles. The van der Waals surface area contributed by atoms with Crippen LogP contribution in [0.2, 0.25) is 0 Å². The first-order valence-corrected chi connectivity index (χ1v) is 12.9. The molecule has 0 saturated heterocycles. The Hall–Kier alpha value is -4.55. The molecule has 0 spiro atoms. The minimum absolute atomic E-state index is 0.0350. The van der Waals surface area contributed by atoms with Crippen molar-refractivity contribution in [1.29, 1.82) is 0 Å². The van der Waals surface area contributed by atoms with E-state index in [1.54, 1.807) is 54.7 Å². The van der Waals surface area contributed by atoms with Gasteiger partial charge in [-0.1, -0.05) is 24.3 Å². The molecule has 4 rings (SSSR count). The number of carbonyl (C=O) groups is 3. The molecular weight excluding hydrogens is 520 g/mol. The largest absolute Gasteiger partial charge is 0.492 e. The van der Waals surface area contributed by atoms with Gasteiger partial charge in [-0.15, -0.1) is 0 Å². The predicted octanol–water partition coefficient (Wildman–Crippen LogP) is 2.92. The number of amides is 3. The molecule has 0 aliphatic carbocycles. The quantitative estimate of drug-likeness (QED) is 0.241. The highest BCUT2D eigenvalue weighted by atomic mass is 32.1. The van der Waals surface area contributed by atoms with Crippen LogP contribution in [0, 0.1) is 0 Å². The smallest absolute Gasteiger partial charge is 0.273 e. The van der Waals surface area contributed by atoms with Gasteiger partial charge < -0.3 is 26.3 Å². The number of carbonyl (C=O) groups excluding carboxylic acids is 3. The molecule has 0 fully saturated rings. The summed E-state index contributed by atoms with van der Waals surface area (Å²) in [6.07, 6.45) is 1.67. The van der Waals surface area contributed by atoms with E-state index in [0.717, 1.165) is 22.4 Å². The van der Waals surface area contributed by atoms with Crippen LogP contribution in [0.3, 0.4) is 0 Å². The van der Waals surface area contributed by atoms with Crippen LogP contribution in [-0.4, -0.2) is 53.9 Å². The average molecular weight is 549 g/mol. The number of nitrogens with two attached hydrogens (primary N) is 2. The molecular formula is C27H28N6O5S. The molecule has 1 atom stereocenters. The van der Waals surface area contributed by atoms with Crippen LogP contribution in [0.5, 0.6) is 5.75 Å². The summed E-state index contributed by atoms with van der Waals surface area (Å²) in [7, 11) is 1.52. The van der Waals surface area contributed by atoms with Gasteiger partial charge in [0.2, 0.25) is 5.91 Å². The molecule has 202 valence electrons. The third-order valence-corrected chi connectivity index (χ3v) is 6.70. The van der Waals surface area contributed by atoms with E-state index in [4.69, 9.17) is 20.9 Å². The van der Waals surface area contributed by atoms with Gasteiger partial charge in [0.1, 0.15) is 16.7 Å². The zero-order chi connectivity index (χ0) is 27.9. The summed E-state index contributed by atoms with van der Waals surface area (Å²) in [5, 5.41) is 3.63. The molecule has 0 unspecified atom stereocenters. The predicted molar refractivity (Wildman–Crippen MR) is 149 cm³/mol. The van der Waals surface area contributed by atoms with Crippen LogP contribution in [0.25, 0.3) is 10.9 Å². The van der Waals surface area contributed by atoms with Gasteiger partial charge in [-0.25, -0.2) is 0 Å². The first kappa shape index (κ1) is 27.5. The summed E-state index contributed by atoms with van der Waals surface area (Å²) in [4.78, 5) is 45.6. The number of primary amides is 1. The van der Waals surface area contributed by atoms with Gasteiger partial charge in [0.15, 0.2) is 5.69 Å². The monoisotopic (exact) mass is 548 g/mol. The van der Waals surface area contributed by atoms with Crippen LogP contribution in [0.1, 0.15) is 38.7 Å². The highest BCUT2D eigenvalue weighted by Crippen LogP contribution is 2.38. The van der Waals surface area contributed by atoms with E-state index in [-0.39, 0.29) is 29.4 Å². The summed E-state index contributed by atoms with van der Waals surface area (Å²) in [6.45, 7) is 2.62. The lowest BCUT2D eigenvalue weighted by Gasteiger charge is -2.32. The number of ether oxygens (including phenoxy) is 2. The minimum Gasteiger partial charge on any atom is -0.492 e. The van der Waals surface area contributed by atoms with Crippen LogP contribution in [0.15, 0.2) is 60.8 Å². The van der Waals surface area contributed by atoms with E-state index in [1.807, 2.05) is 13.0 Å². The molecule has 39 heavy (non-hydrogen) atoms. The van der Waals surface area contributed by atoms with Crippen LogP contribution < -0.4 is 26.4 Å². The molecule has 2 aromatic carbocycles. The molecule has 0 aliphatic rings. The zero-order valence-electron chi connectivity index (χ0n) is 21.4. The van der Waals surface area contributed by atoms with Gasteiger partial charge >= 0.3 is 0 Å². The summed E-state index contributed by atoms with van der Waals surface area (Å²) >= 11 is 0.734. The maximum Gasteiger partial charge on any atom is 0.273 e. The summed E-state index contributed by atoms with van der Waals surface area (Å²) in [5.74, 6) is -1.60. The van der Waals surface area contributed by atoms with E-state index in [1.165, 1.54) is 12.0 Å². The highest BCUT2D eigenvalue weighted by Gasteiger charge is 2.37. The maximum absolute atomic E-state index is 14.3. The SMILES string of the molecule is CCOc1ccccc1N(C(=O)c1snc(C(N)=O)c1N)[C@H](C(=O)NCCOC)c1ccc2ncccc2c1. The lowest BCUT2D eigenvalue weighted by Crippen LogP contribution is -2.45. The molecule has 0 radical (unpaired) electrons. The number of nitrogens with one attached hydrogen (secondary N) is 1. The number of nitrogens with zero attached hydrogens (tertiary/aromatic N) is 3. The second kappa shape index (κ2) is 12.3. The number of hydrogen-bond donors (Lipinski definition) is 3. The minimum atomic E-state index is -1.17. The number of benzene rings is 2. The standard InChI is InChI=1S/C27H28N6O5S/c1-3-38-20-9-5-4-8-19(20)33(27(36)24-21(28)22(25(29)34)32-39-24)23(26(35)31-13-14-37-2)17-10-11-18-16(15-17)7-6-12-30-18/h4-12,15,23H,3,13-14,28H2,1-2H3,(H2,29,34)(H,31,35)/t23-/m0/s1. The summed E-state index contributed by atoms with van der Waals surface area (Å²) in [6, 6.07) is 14.7. The summed E-state index contributed by atoms with van der Waals surface area (Å²) in [5.41, 5.74) is 12.8. The van der Waals surface area contributed by atoms with Crippen LogP contribution >= 0.6 is 11.5 Å². The number of para-hydroxylation sites is 2. The van der Waals surface area contributed by atoms with Crippen LogP contribution in [0.4, 0.5) is 11.4 Å². The van der Waals surface area contributed by atoms with Crippen molar-refractivity contribution in [2.45, 2.75) is 13.0 Å². The molecule has 4 aromatic rings. The number of anilines is 2. The number of nitrogen functional groups attached to an aromatic ring is 1. The van der Waals surface area contributed by atoms with Crippen molar-refractivity contribution in [2.75, 3.05) is 37.5 Å². The van der Waals surface area contributed by atoms with Gasteiger partial charge in [-0.2, -0.15) is 4.37 Å². The van der Waals surface area contributed by atoms with Gasteiger partial charge in [0, 0.05) is 25.2 Å². The number of rotatable bonds is 11. The van der Waals surface area contributed by atoms with E-state index in [9.17, 15) is 14.4 Å². The van der Waals surface area contributed by atoms with Gasteiger partial charge in [-0.3, -0.25) is 24.3 Å². The molecule has 0 aliphatic heterocycles. The second-order valence-electron chi connectivity index (χ2n) is 8.36. The fraction of sp³-hybridized carbons (Fsp3) is 0.222. The Bertz CT molecular complexity index is 1510. The van der Waals surface area contributed by atoms with E-state index < -0.39 is 23.8 Å². The number of aromatic nitrogens is 2. The number of fused-ring (bicyclic) bond motifs is 1. The lowest BCUT2D eigenvalue weighted by atomic mass is 10.00. The molecule has 2 heterocycles. The lowest BCUT2D eigenvalue weighted by molar-refractivity contribution is -0.122. The van der Waals surface area contributed by atoms with Crippen molar-refractivity contribution >= 4 is 51.5 Å². The van der Waals surface area contributed by atoms with E-state index >= 15 is 0 Å². The van der Waals surface area contributed by atoms with Crippen molar-refractivity contribution < 1.29 is 23.9 Å². The number of hydrogen-bond acceptors (Lipinski definition) is 9. The summed E-state index contributed by atoms with van der Waals surface area (Å²) < 4.78 is 14.9. The van der Waals surface area contributed by atoms with E-state index in [0.29, 0.717) is 23.6 Å². The van der Waals surface area contributed by atoms with E-state index in [2.05, 4.69) is 14.7 Å². The Morgan fingerprint density at radius 2 is 1.92 bits per heavy atom. The Morgan fingerprint density at radius 1 is 1.13 bits per heavy atom. The molecule has 0 bridgehead atoms. The maximum atomic E-state index is 14.3. The first-order valence-electron chi connectivity index (χ1n) is 12.1. The highest BCUT2D eigenvalue weighted by molar-refractivity contribution is 7.09. The molecule has 12 heteroatoms. The first-order chi connectivity index (χ1) is 18.9. The van der Waals surface area contributed by atoms with Crippen molar-refractivity contribution in [3.8, 4) is 5.75 Å². The Morgan fingerprint density at radius 3 is 2.64 bits per heavy atom. The third kappa shape index (κ3) is 5.81. The zero-order valence-corrected chi connectivity index (χ0v) is 22.2. The molecule has 11 nitrogen and oxygen atoms in total. The second-order valence-corrected chi connectivity index (χ2v) is 9.13. The van der Waals surface area contributed by atoms with Crippen molar-refractivity contribution in [2.24, 2.45) is 5.73 Å².